The predicted molar refractivity (Wildman–Crippen MR) is 156 cm³/mol. The zero-order valence-corrected chi connectivity index (χ0v) is 22.8. The number of anilines is 1. The number of halogens is 2. The lowest BCUT2D eigenvalue weighted by Gasteiger charge is -2.09. The van der Waals surface area contributed by atoms with Crippen LogP contribution in [-0.2, 0) is 11.3 Å². The minimum absolute atomic E-state index is 0.461. The molecule has 0 bridgehead atoms. The lowest BCUT2D eigenvalue weighted by molar-refractivity contribution is 0.197. The van der Waals surface area contributed by atoms with Gasteiger partial charge in [-0.05, 0) is 42.3 Å². The molecule has 5 aromatic rings. The number of imidazole rings is 1. The van der Waals surface area contributed by atoms with E-state index in [9.17, 15) is 0 Å². The summed E-state index contributed by atoms with van der Waals surface area (Å²) >= 11 is 13.1. The normalized spacial score (nSPS) is 10.9. The number of aromatic nitrogens is 4. The van der Waals surface area contributed by atoms with Gasteiger partial charge in [0, 0.05) is 32.0 Å². The molecule has 0 radical (unpaired) electrons. The van der Waals surface area contributed by atoms with Gasteiger partial charge < -0.3 is 19.8 Å². The van der Waals surface area contributed by atoms with Crippen molar-refractivity contribution in [3.63, 3.8) is 0 Å². The lowest BCUT2D eigenvalue weighted by atomic mass is 10.1. The van der Waals surface area contributed by atoms with Crippen molar-refractivity contribution in [3.8, 4) is 39.8 Å². The summed E-state index contributed by atoms with van der Waals surface area (Å²) < 4.78 is 11.2. The number of hydrogen-bond acceptors (Lipinski definition) is 6. The van der Waals surface area contributed by atoms with Gasteiger partial charge in [-0.25, -0.2) is 15.0 Å². The lowest BCUT2D eigenvalue weighted by Crippen LogP contribution is -2.07. The van der Waals surface area contributed by atoms with Crippen molar-refractivity contribution in [2.75, 3.05) is 25.6 Å². The predicted octanol–water partition coefficient (Wildman–Crippen LogP) is 7.53. The number of ether oxygens (including phenoxy) is 2. The summed E-state index contributed by atoms with van der Waals surface area (Å²) in [5.41, 5.74) is 4.64. The van der Waals surface area contributed by atoms with Gasteiger partial charge in [0.2, 0.25) is 5.95 Å². The van der Waals surface area contributed by atoms with Crippen LogP contribution < -0.4 is 10.1 Å². The van der Waals surface area contributed by atoms with Gasteiger partial charge in [0.25, 0.3) is 0 Å². The smallest absolute Gasteiger partial charge is 0.223 e. The molecule has 0 aliphatic carbocycles. The number of nitrogens with one attached hydrogen (secondary N) is 2. The van der Waals surface area contributed by atoms with Crippen LogP contribution in [0.1, 0.15) is 12.0 Å². The summed E-state index contributed by atoms with van der Waals surface area (Å²) in [5, 5.41) is 4.24. The minimum atomic E-state index is 0.461. The van der Waals surface area contributed by atoms with Gasteiger partial charge in [-0.15, -0.1) is 0 Å². The fourth-order valence-electron chi connectivity index (χ4n) is 4.08. The van der Waals surface area contributed by atoms with E-state index in [0.717, 1.165) is 23.3 Å². The Labute approximate surface area is 237 Å². The molecule has 39 heavy (non-hydrogen) atoms. The van der Waals surface area contributed by atoms with E-state index in [2.05, 4.69) is 15.3 Å². The number of H-pyrrole nitrogens is 1. The topological polar surface area (TPSA) is 85.0 Å². The first kappa shape index (κ1) is 26.7. The first-order chi connectivity index (χ1) is 19.1. The quantitative estimate of drug-likeness (QED) is 0.163. The Kier molecular flexibility index (Phi) is 8.73. The fourth-order valence-corrected chi connectivity index (χ4v) is 4.66. The van der Waals surface area contributed by atoms with Gasteiger partial charge in [-0.1, -0.05) is 71.7 Å². The molecular weight excluding hydrogens is 533 g/mol. The first-order valence-corrected chi connectivity index (χ1v) is 13.3. The second-order valence-electron chi connectivity index (χ2n) is 8.75. The average Bonchev–Trinajstić information content (AvgIpc) is 3.40. The van der Waals surface area contributed by atoms with E-state index in [1.54, 1.807) is 31.5 Å². The summed E-state index contributed by atoms with van der Waals surface area (Å²) in [4.78, 5) is 17.5. The zero-order valence-electron chi connectivity index (χ0n) is 21.3. The third-order valence-electron chi connectivity index (χ3n) is 5.98. The second kappa shape index (κ2) is 12.8. The third kappa shape index (κ3) is 6.57. The Morgan fingerprint density at radius 1 is 0.897 bits per heavy atom. The van der Waals surface area contributed by atoms with Gasteiger partial charge in [0.15, 0.2) is 0 Å². The molecule has 2 aromatic heterocycles. The SMILES string of the molecule is COCCCNc1nccc(-c2[nH]c(-c3c(Cl)cccc3Cl)nc2-c2cccc(OCc3ccccc3)c2)n1. The first-order valence-electron chi connectivity index (χ1n) is 12.5. The molecule has 0 aliphatic heterocycles. The Hall–Kier alpha value is -3.91. The van der Waals surface area contributed by atoms with Gasteiger partial charge in [0.1, 0.15) is 18.2 Å². The largest absolute Gasteiger partial charge is 0.489 e. The number of rotatable bonds is 11. The molecule has 3 aromatic carbocycles. The van der Waals surface area contributed by atoms with Crippen molar-refractivity contribution in [1.29, 1.82) is 0 Å². The molecule has 0 aliphatic rings. The van der Waals surface area contributed by atoms with Crippen molar-refractivity contribution in [2.24, 2.45) is 0 Å². The van der Waals surface area contributed by atoms with Crippen LogP contribution in [0.25, 0.3) is 34.0 Å². The number of hydrogen-bond donors (Lipinski definition) is 2. The van der Waals surface area contributed by atoms with Crippen molar-refractivity contribution < 1.29 is 9.47 Å². The van der Waals surface area contributed by atoms with Crippen LogP contribution in [-0.4, -0.2) is 40.2 Å². The van der Waals surface area contributed by atoms with E-state index in [1.165, 1.54) is 0 Å². The Balaban J connectivity index is 1.52. The number of benzene rings is 3. The highest BCUT2D eigenvalue weighted by atomic mass is 35.5. The molecule has 0 spiro atoms. The van der Waals surface area contributed by atoms with Crippen LogP contribution in [0.5, 0.6) is 5.75 Å². The standard InChI is InChI=1S/C30H27Cl2N5O2/c1-38-17-7-15-33-30-34-16-14-25(35-30)28-27(36-29(37-28)26-23(31)12-6-13-24(26)32)21-10-5-11-22(18-21)39-19-20-8-3-2-4-9-20/h2-6,8-14,16,18H,7,15,17,19H2,1H3,(H,36,37)(H,33,34,35). The van der Waals surface area contributed by atoms with Crippen LogP contribution in [0.2, 0.25) is 10.0 Å². The van der Waals surface area contributed by atoms with Gasteiger partial charge in [0.05, 0.1) is 32.7 Å². The highest BCUT2D eigenvalue weighted by Gasteiger charge is 2.20. The van der Waals surface area contributed by atoms with Gasteiger partial charge in [-0.2, -0.15) is 0 Å². The highest BCUT2D eigenvalue weighted by molar-refractivity contribution is 6.39. The molecule has 2 N–H and O–H groups in total. The number of aromatic amines is 1. The maximum atomic E-state index is 6.54. The molecule has 198 valence electrons. The fraction of sp³-hybridized carbons (Fsp3) is 0.167. The maximum absolute atomic E-state index is 6.54. The van der Waals surface area contributed by atoms with Crippen LogP contribution in [0.15, 0.2) is 85.1 Å². The monoisotopic (exact) mass is 559 g/mol. The molecule has 5 rings (SSSR count). The van der Waals surface area contributed by atoms with E-state index in [1.807, 2.05) is 60.7 Å². The van der Waals surface area contributed by atoms with Crippen LogP contribution in [0.3, 0.4) is 0 Å². The highest BCUT2D eigenvalue weighted by Crippen LogP contribution is 2.38. The third-order valence-corrected chi connectivity index (χ3v) is 6.61. The molecule has 2 heterocycles. The number of methoxy groups -OCH3 is 1. The molecule has 9 heteroatoms. The summed E-state index contributed by atoms with van der Waals surface area (Å²) in [7, 11) is 1.68. The molecule has 0 saturated heterocycles. The van der Waals surface area contributed by atoms with Gasteiger partial charge in [-0.3, -0.25) is 0 Å². The van der Waals surface area contributed by atoms with Crippen LogP contribution in [0.4, 0.5) is 5.95 Å². The molecular formula is C30H27Cl2N5O2. The molecule has 0 fully saturated rings. The van der Waals surface area contributed by atoms with E-state index in [-0.39, 0.29) is 0 Å². The number of nitrogens with zero attached hydrogens (tertiary/aromatic N) is 3. The molecule has 0 unspecified atom stereocenters. The Bertz CT molecular complexity index is 1520. The van der Waals surface area contributed by atoms with Crippen molar-refractivity contribution >= 4 is 29.2 Å². The molecule has 0 amide bonds. The van der Waals surface area contributed by atoms with Gasteiger partial charge >= 0.3 is 0 Å². The van der Waals surface area contributed by atoms with Crippen LogP contribution in [0, 0.1) is 0 Å². The van der Waals surface area contributed by atoms with Crippen molar-refractivity contribution in [2.45, 2.75) is 13.0 Å². The summed E-state index contributed by atoms with van der Waals surface area (Å²) in [6, 6.07) is 25.1. The zero-order chi connectivity index (χ0) is 27.0. The van der Waals surface area contributed by atoms with E-state index < -0.39 is 0 Å². The maximum Gasteiger partial charge on any atom is 0.223 e. The Morgan fingerprint density at radius 2 is 1.69 bits per heavy atom. The van der Waals surface area contributed by atoms with E-state index >= 15 is 0 Å². The van der Waals surface area contributed by atoms with E-state index in [0.29, 0.717) is 64.2 Å². The molecule has 0 atom stereocenters. The molecule has 7 nitrogen and oxygen atoms in total. The van der Waals surface area contributed by atoms with Crippen molar-refractivity contribution in [1.82, 2.24) is 19.9 Å². The van der Waals surface area contributed by atoms with Crippen LogP contribution >= 0.6 is 23.2 Å². The minimum Gasteiger partial charge on any atom is -0.489 e. The summed E-state index contributed by atoms with van der Waals surface area (Å²) in [6.07, 6.45) is 2.55. The summed E-state index contributed by atoms with van der Waals surface area (Å²) in [6.45, 7) is 1.80. The summed E-state index contributed by atoms with van der Waals surface area (Å²) in [5.74, 6) is 1.78. The Morgan fingerprint density at radius 3 is 2.49 bits per heavy atom. The van der Waals surface area contributed by atoms with E-state index in [4.69, 9.17) is 42.6 Å². The van der Waals surface area contributed by atoms with Crippen molar-refractivity contribution in [3.05, 3.63) is 101 Å². The average molecular weight is 560 g/mol. The second-order valence-corrected chi connectivity index (χ2v) is 9.56. The molecule has 0 saturated carbocycles.